The lowest BCUT2D eigenvalue weighted by Gasteiger charge is -2.19. The molecule has 0 aliphatic carbocycles. The molecule has 2 rings (SSSR count). The summed E-state index contributed by atoms with van der Waals surface area (Å²) in [5, 5.41) is 0. The summed E-state index contributed by atoms with van der Waals surface area (Å²) in [6.07, 6.45) is 0. The van der Waals surface area contributed by atoms with Crippen LogP contribution in [0.5, 0.6) is 0 Å². The molecular formula is C16H18O3S2. The Kier molecular flexibility index (Phi) is 4.46. The average molecular weight is 322 g/mol. The van der Waals surface area contributed by atoms with Crippen molar-refractivity contribution in [3.63, 3.8) is 0 Å². The van der Waals surface area contributed by atoms with Gasteiger partial charge in [0.05, 0.1) is 0 Å². The van der Waals surface area contributed by atoms with Gasteiger partial charge in [0.15, 0.2) is 0 Å². The molecule has 112 valence electrons. The van der Waals surface area contributed by atoms with Gasteiger partial charge in [-0.2, -0.15) is 8.42 Å². The SMILES string of the molecule is CC(C)(C)c1ccc(Sc2ccccc2S(=O)(=O)O)cc1. The smallest absolute Gasteiger partial charge is 0.282 e. The molecule has 2 aromatic carbocycles. The molecule has 3 nitrogen and oxygen atoms in total. The lowest BCUT2D eigenvalue weighted by atomic mass is 9.87. The van der Waals surface area contributed by atoms with Crippen LogP contribution in [0.2, 0.25) is 0 Å². The summed E-state index contributed by atoms with van der Waals surface area (Å²) in [7, 11) is -4.21. The highest BCUT2D eigenvalue weighted by molar-refractivity contribution is 8.00. The highest BCUT2D eigenvalue weighted by Crippen LogP contribution is 2.33. The van der Waals surface area contributed by atoms with Crippen molar-refractivity contribution in [1.82, 2.24) is 0 Å². The second-order valence-corrected chi connectivity index (χ2v) is 8.30. The molecule has 0 aromatic heterocycles. The van der Waals surface area contributed by atoms with Crippen LogP contribution in [-0.4, -0.2) is 13.0 Å². The van der Waals surface area contributed by atoms with E-state index in [1.807, 2.05) is 24.3 Å². The summed E-state index contributed by atoms with van der Waals surface area (Å²) in [4.78, 5) is 1.39. The van der Waals surface area contributed by atoms with Crippen LogP contribution in [0.4, 0.5) is 0 Å². The van der Waals surface area contributed by atoms with E-state index in [9.17, 15) is 13.0 Å². The number of benzene rings is 2. The Morgan fingerprint density at radius 1 is 0.952 bits per heavy atom. The van der Waals surface area contributed by atoms with Gasteiger partial charge in [-0.15, -0.1) is 0 Å². The van der Waals surface area contributed by atoms with Crippen molar-refractivity contribution in [1.29, 1.82) is 0 Å². The van der Waals surface area contributed by atoms with Gasteiger partial charge in [-0.25, -0.2) is 0 Å². The summed E-state index contributed by atoms with van der Waals surface area (Å²) in [5.41, 5.74) is 1.30. The van der Waals surface area contributed by atoms with Gasteiger partial charge in [0.1, 0.15) is 4.90 Å². The van der Waals surface area contributed by atoms with Crippen molar-refractivity contribution >= 4 is 21.9 Å². The third-order valence-electron chi connectivity index (χ3n) is 3.08. The molecular weight excluding hydrogens is 304 g/mol. The third-order valence-corrected chi connectivity index (χ3v) is 5.20. The fraction of sp³-hybridized carbons (Fsp3) is 0.250. The Bertz CT molecular complexity index is 727. The summed E-state index contributed by atoms with van der Waals surface area (Å²) in [5.74, 6) is 0. The molecule has 0 aliphatic rings. The molecule has 21 heavy (non-hydrogen) atoms. The molecule has 0 saturated carbocycles. The monoisotopic (exact) mass is 322 g/mol. The Balaban J connectivity index is 2.32. The molecule has 2 aromatic rings. The van der Waals surface area contributed by atoms with Crippen LogP contribution in [0.3, 0.4) is 0 Å². The second kappa shape index (κ2) is 5.83. The van der Waals surface area contributed by atoms with Gasteiger partial charge >= 0.3 is 0 Å². The molecule has 0 heterocycles. The number of rotatable bonds is 3. The maximum Gasteiger partial charge on any atom is 0.295 e. The first-order valence-electron chi connectivity index (χ1n) is 6.53. The van der Waals surface area contributed by atoms with Gasteiger partial charge in [-0.05, 0) is 35.2 Å². The largest absolute Gasteiger partial charge is 0.295 e. The van der Waals surface area contributed by atoms with Gasteiger partial charge < -0.3 is 0 Å². The van der Waals surface area contributed by atoms with Gasteiger partial charge in [0.2, 0.25) is 0 Å². The second-order valence-electron chi connectivity index (χ2n) is 5.80. The van der Waals surface area contributed by atoms with E-state index < -0.39 is 10.1 Å². The van der Waals surface area contributed by atoms with Gasteiger partial charge in [0, 0.05) is 9.79 Å². The van der Waals surface area contributed by atoms with Gasteiger partial charge in [0.25, 0.3) is 10.1 Å². The first kappa shape index (κ1) is 16.1. The zero-order valence-corrected chi connectivity index (χ0v) is 13.8. The van der Waals surface area contributed by atoms with Crippen LogP contribution >= 0.6 is 11.8 Å². The molecule has 0 aliphatic heterocycles. The summed E-state index contributed by atoms with van der Waals surface area (Å²) in [6, 6.07) is 14.4. The van der Waals surface area contributed by atoms with Crippen LogP contribution < -0.4 is 0 Å². The zero-order valence-electron chi connectivity index (χ0n) is 12.2. The fourth-order valence-corrected chi connectivity index (χ4v) is 3.75. The topological polar surface area (TPSA) is 54.4 Å². The van der Waals surface area contributed by atoms with Gasteiger partial charge in [-0.3, -0.25) is 4.55 Å². The van der Waals surface area contributed by atoms with Crippen molar-refractivity contribution in [3.8, 4) is 0 Å². The summed E-state index contributed by atoms with van der Waals surface area (Å²) in [6.45, 7) is 6.42. The predicted octanol–water partition coefficient (Wildman–Crippen LogP) is 4.38. The molecule has 0 amide bonds. The van der Waals surface area contributed by atoms with Crippen LogP contribution in [0.1, 0.15) is 26.3 Å². The minimum Gasteiger partial charge on any atom is -0.282 e. The molecule has 0 atom stereocenters. The quantitative estimate of drug-likeness (QED) is 0.852. The lowest BCUT2D eigenvalue weighted by Crippen LogP contribution is -2.10. The average Bonchev–Trinajstić information content (AvgIpc) is 2.37. The highest BCUT2D eigenvalue weighted by Gasteiger charge is 2.16. The zero-order chi connectivity index (χ0) is 15.7. The van der Waals surface area contributed by atoms with E-state index in [2.05, 4.69) is 20.8 Å². The molecule has 0 fully saturated rings. The minimum atomic E-state index is -4.21. The maximum atomic E-state index is 11.4. The van der Waals surface area contributed by atoms with Crippen LogP contribution in [0.25, 0.3) is 0 Å². The molecule has 0 unspecified atom stereocenters. The van der Waals surface area contributed by atoms with E-state index in [0.29, 0.717) is 4.90 Å². The standard InChI is InChI=1S/C16H18O3S2/c1-16(2,3)12-8-10-13(11-9-12)20-14-6-4-5-7-15(14)21(17,18)19/h4-11H,1-3H3,(H,17,18,19). The molecule has 0 saturated heterocycles. The van der Waals surface area contributed by atoms with E-state index in [-0.39, 0.29) is 10.3 Å². The molecule has 5 heteroatoms. The highest BCUT2D eigenvalue weighted by atomic mass is 32.2. The third kappa shape index (κ3) is 4.09. The molecule has 1 N–H and O–H groups in total. The lowest BCUT2D eigenvalue weighted by molar-refractivity contribution is 0.481. The van der Waals surface area contributed by atoms with E-state index in [1.54, 1.807) is 18.2 Å². The van der Waals surface area contributed by atoms with Crippen molar-refractivity contribution in [3.05, 3.63) is 54.1 Å². The van der Waals surface area contributed by atoms with E-state index in [0.717, 1.165) is 4.90 Å². The van der Waals surface area contributed by atoms with E-state index in [1.165, 1.54) is 23.4 Å². The van der Waals surface area contributed by atoms with Crippen LogP contribution in [0.15, 0.2) is 63.2 Å². The Morgan fingerprint density at radius 3 is 2.05 bits per heavy atom. The van der Waals surface area contributed by atoms with Gasteiger partial charge in [-0.1, -0.05) is 56.8 Å². The number of hydrogen-bond acceptors (Lipinski definition) is 3. The van der Waals surface area contributed by atoms with Crippen molar-refractivity contribution in [2.45, 2.75) is 40.9 Å². The Hall–Kier alpha value is -1.30. The first-order chi connectivity index (χ1) is 9.68. The molecule has 0 spiro atoms. The number of hydrogen-bond donors (Lipinski definition) is 1. The van der Waals surface area contributed by atoms with E-state index in [4.69, 9.17) is 0 Å². The predicted molar refractivity (Wildman–Crippen MR) is 85.5 cm³/mol. The maximum absolute atomic E-state index is 11.4. The fourth-order valence-electron chi connectivity index (χ4n) is 1.90. The first-order valence-corrected chi connectivity index (χ1v) is 8.78. The Morgan fingerprint density at radius 2 is 1.52 bits per heavy atom. The Labute approximate surface area is 130 Å². The normalized spacial score (nSPS) is 12.4. The summed E-state index contributed by atoms with van der Waals surface area (Å²) >= 11 is 1.32. The van der Waals surface area contributed by atoms with Crippen molar-refractivity contribution < 1.29 is 13.0 Å². The minimum absolute atomic E-state index is 0.0603. The van der Waals surface area contributed by atoms with Crippen LogP contribution in [0, 0.1) is 0 Å². The molecule has 0 radical (unpaired) electrons. The molecule has 0 bridgehead atoms. The van der Waals surface area contributed by atoms with Crippen molar-refractivity contribution in [2.24, 2.45) is 0 Å². The van der Waals surface area contributed by atoms with Crippen LogP contribution in [-0.2, 0) is 15.5 Å². The van der Waals surface area contributed by atoms with Crippen molar-refractivity contribution in [2.75, 3.05) is 0 Å². The van der Waals surface area contributed by atoms with E-state index >= 15 is 0 Å². The summed E-state index contributed by atoms with van der Waals surface area (Å²) < 4.78 is 32.0.